The molecule has 0 spiro atoms. The number of aliphatic hydroxyl groups is 1. The van der Waals surface area contributed by atoms with E-state index in [0.717, 1.165) is 36.5 Å². The van der Waals surface area contributed by atoms with Gasteiger partial charge < -0.3 is 15.0 Å². The maximum absolute atomic E-state index is 12.5. The second-order valence-corrected chi connectivity index (χ2v) is 5.74. The third kappa shape index (κ3) is 2.52. The molecule has 5 heteroatoms. The molecule has 1 aromatic rings. The van der Waals surface area contributed by atoms with E-state index in [9.17, 15) is 9.90 Å². The summed E-state index contributed by atoms with van der Waals surface area (Å²) in [6.45, 7) is 3.36. The van der Waals surface area contributed by atoms with Crippen LogP contribution in [0.2, 0.25) is 0 Å². The summed E-state index contributed by atoms with van der Waals surface area (Å²) in [4.78, 5) is 22.1. The minimum Gasteiger partial charge on any atom is -0.393 e. The maximum atomic E-state index is 12.5. The van der Waals surface area contributed by atoms with E-state index in [1.165, 1.54) is 0 Å². The fourth-order valence-electron chi connectivity index (χ4n) is 3.18. The largest absolute Gasteiger partial charge is 0.393 e. The van der Waals surface area contributed by atoms with Crippen molar-refractivity contribution in [1.29, 1.82) is 0 Å². The number of aromatic amines is 1. The molecule has 1 aliphatic carbocycles. The topological polar surface area (TPSA) is 69.2 Å². The van der Waals surface area contributed by atoms with Gasteiger partial charge in [-0.2, -0.15) is 0 Å². The van der Waals surface area contributed by atoms with Crippen molar-refractivity contribution in [2.75, 3.05) is 13.1 Å². The Morgan fingerprint density at radius 2 is 2.11 bits per heavy atom. The van der Waals surface area contributed by atoms with Crippen LogP contribution in [0.4, 0.5) is 0 Å². The monoisotopic (exact) mass is 263 g/mol. The van der Waals surface area contributed by atoms with E-state index in [0.29, 0.717) is 25.9 Å². The van der Waals surface area contributed by atoms with Crippen molar-refractivity contribution in [3.8, 4) is 0 Å². The SMILES string of the molecule is Cc1nc2c([nH]1)CC(C(=O)N1CCC(O)CC1)CC2. The number of fused-ring (bicyclic) bond motifs is 1. The number of aryl methyl sites for hydroxylation is 2. The molecular formula is C14H21N3O2. The van der Waals surface area contributed by atoms with Gasteiger partial charge in [0.25, 0.3) is 0 Å². The average Bonchev–Trinajstić information content (AvgIpc) is 2.77. The summed E-state index contributed by atoms with van der Waals surface area (Å²) in [5.74, 6) is 1.28. The van der Waals surface area contributed by atoms with Gasteiger partial charge in [-0.1, -0.05) is 0 Å². The number of H-pyrrole nitrogens is 1. The molecule has 0 bridgehead atoms. The van der Waals surface area contributed by atoms with E-state index in [-0.39, 0.29) is 17.9 Å². The zero-order chi connectivity index (χ0) is 13.4. The lowest BCUT2D eigenvalue weighted by Crippen LogP contribution is -2.44. The Hall–Kier alpha value is -1.36. The molecule has 1 saturated heterocycles. The molecule has 0 aromatic carbocycles. The number of aliphatic hydroxyl groups excluding tert-OH is 1. The fourth-order valence-corrected chi connectivity index (χ4v) is 3.18. The number of carbonyl (C=O) groups excluding carboxylic acids is 1. The van der Waals surface area contributed by atoms with Crippen molar-refractivity contribution < 1.29 is 9.90 Å². The number of amides is 1. The Bertz CT molecular complexity index is 475. The number of carbonyl (C=O) groups is 1. The summed E-state index contributed by atoms with van der Waals surface area (Å²) in [6.07, 6.45) is 3.78. The van der Waals surface area contributed by atoms with Crippen molar-refractivity contribution in [3.63, 3.8) is 0 Å². The Kier molecular flexibility index (Phi) is 3.31. The minimum absolute atomic E-state index is 0.0857. The van der Waals surface area contributed by atoms with Crippen molar-refractivity contribution in [1.82, 2.24) is 14.9 Å². The number of hydrogen-bond donors (Lipinski definition) is 2. The van der Waals surface area contributed by atoms with Crippen LogP contribution in [0.5, 0.6) is 0 Å². The Morgan fingerprint density at radius 3 is 2.84 bits per heavy atom. The van der Waals surface area contributed by atoms with Crippen LogP contribution in [-0.4, -0.2) is 45.1 Å². The summed E-state index contributed by atoms with van der Waals surface area (Å²) in [7, 11) is 0. The first-order valence-electron chi connectivity index (χ1n) is 7.14. The number of nitrogens with one attached hydrogen (secondary N) is 1. The molecule has 19 heavy (non-hydrogen) atoms. The summed E-state index contributed by atoms with van der Waals surface area (Å²) < 4.78 is 0. The molecule has 5 nitrogen and oxygen atoms in total. The Balaban J connectivity index is 1.66. The lowest BCUT2D eigenvalue weighted by molar-refractivity contribution is -0.138. The van der Waals surface area contributed by atoms with Gasteiger partial charge in [0.2, 0.25) is 5.91 Å². The molecule has 104 valence electrons. The molecule has 1 unspecified atom stereocenters. The molecule has 2 heterocycles. The van der Waals surface area contributed by atoms with Crippen LogP contribution in [0.3, 0.4) is 0 Å². The first kappa shape index (κ1) is 12.7. The molecular weight excluding hydrogens is 242 g/mol. The van der Waals surface area contributed by atoms with E-state index >= 15 is 0 Å². The number of hydrogen-bond acceptors (Lipinski definition) is 3. The Morgan fingerprint density at radius 1 is 1.37 bits per heavy atom. The molecule has 3 rings (SSSR count). The van der Waals surface area contributed by atoms with Gasteiger partial charge in [0.15, 0.2) is 0 Å². The summed E-state index contributed by atoms with van der Waals surface area (Å²) in [5.41, 5.74) is 2.27. The lowest BCUT2D eigenvalue weighted by atomic mass is 9.88. The molecule has 0 radical (unpaired) electrons. The first-order chi connectivity index (χ1) is 9.13. The van der Waals surface area contributed by atoms with E-state index in [2.05, 4.69) is 9.97 Å². The number of likely N-dealkylation sites (tertiary alicyclic amines) is 1. The van der Waals surface area contributed by atoms with Crippen LogP contribution < -0.4 is 0 Å². The van der Waals surface area contributed by atoms with Crippen molar-refractivity contribution in [2.24, 2.45) is 5.92 Å². The molecule has 1 amide bonds. The highest BCUT2D eigenvalue weighted by Crippen LogP contribution is 2.26. The number of aromatic nitrogens is 2. The van der Waals surface area contributed by atoms with Crippen LogP contribution >= 0.6 is 0 Å². The first-order valence-corrected chi connectivity index (χ1v) is 7.14. The number of imidazole rings is 1. The molecule has 1 aromatic heterocycles. The molecule has 2 aliphatic rings. The standard InChI is InChI=1S/C14H21N3O2/c1-9-15-12-3-2-10(8-13(12)16-9)14(19)17-6-4-11(18)5-7-17/h10-11,18H,2-8H2,1H3,(H,15,16). The minimum atomic E-state index is -0.225. The summed E-state index contributed by atoms with van der Waals surface area (Å²) in [6, 6.07) is 0. The van der Waals surface area contributed by atoms with E-state index < -0.39 is 0 Å². The van der Waals surface area contributed by atoms with Crippen LogP contribution in [-0.2, 0) is 17.6 Å². The molecule has 0 saturated carbocycles. The van der Waals surface area contributed by atoms with Crippen molar-refractivity contribution in [3.05, 3.63) is 17.2 Å². The quantitative estimate of drug-likeness (QED) is 0.787. The van der Waals surface area contributed by atoms with Gasteiger partial charge in [-0.3, -0.25) is 4.79 Å². The van der Waals surface area contributed by atoms with Crippen LogP contribution in [0.25, 0.3) is 0 Å². The lowest BCUT2D eigenvalue weighted by Gasteiger charge is -2.33. The molecule has 1 fully saturated rings. The highest BCUT2D eigenvalue weighted by atomic mass is 16.3. The number of nitrogens with zero attached hydrogens (tertiary/aromatic N) is 2. The number of rotatable bonds is 1. The van der Waals surface area contributed by atoms with Crippen LogP contribution in [0.1, 0.15) is 36.5 Å². The second kappa shape index (κ2) is 4.96. The van der Waals surface area contributed by atoms with E-state index in [4.69, 9.17) is 0 Å². The van der Waals surface area contributed by atoms with Gasteiger partial charge in [0.1, 0.15) is 5.82 Å². The summed E-state index contributed by atoms with van der Waals surface area (Å²) in [5, 5.41) is 9.50. The van der Waals surface area contributed by atoms with E-state index in [1.54, 1.807) is 0 Å². The van der Waals surface area contributed by atoms with Gasteiger partial charge in [0, 0.05) is 31.1 Å². The zero-order valence-corrected chi connectivity index (χ0v) is 11.4. The number of piperidine rings is 1. The van der Waals surface area contributed by atoms with Crippen molar-refractivity contribution >= 4 is 5.91 Å². The molecule has 1 aliphatic heterocycles. The van der Waals surface area contributed by atoms with E-state index in [1.807, 2.05) is 11.8 Å². The summed E-state index contributed by atoms with van der Waals surface area (Å²) >= 11 is 0. The maximum Gasteiger partial charge on any atom is 0.226 e. The van der Waals surface area contributed by atoms with Gasteiger partial charge in [0.05, 0.1) is 11.8 Å². The van der Waals surface area contributed by atoms with Gasteiger partial charge >= 0.3 is 0 Å². The Labute approximate surface area is 113 Å². The smallest absolute Gasteiger partial charge is 0.226 e. The highest BCUT2D eigenvalue weighted by Gasteiger charge is 2.31. The molecule has 1 atom stereocenters. The average molecular weight is 263 g/mol. The fraction of sp³-hybridized carbons (Fsp3) is 0.714. The zero-order valence-electron chi connectivity index (χ0n) is 11.4. The highest BCUT2D eigenvalue weighted by molar-refractivity contribution is 5.79. The normalized spacial score (nSPS) is 24.3. The van der Waals surface area contributed by atoms with Gasteiger partial charge in [-0.15, -0.1) is 0 Å². The van der Waals surface area contributed by atoms with Crippen LogP contribution in [0.15, 0.2) is 0 Å². The predicted molar refractivity (Wildman–Crippen MR) is 70.7 cm³/mol. The van der Waals surface area contributed by atoms with Crippen molar-refractivity contribution in [2.45, 2.75) is 45.1 Å². The third-order valence-electron chi connectivity index (χ3n) is 4.29. The third-order valence-corrected chi connectivity index (χ3v) is 4.29. The van der Waals surface area contributed by atoms with Crippen LogP contribution in [0, 0.1) is 12.8 Å². The van der Waals surface area contributed by atoms with Gasteiger partial charge in [-0.05, 0) is 32.6 Å². The second-order valence-electron chi connectivity index (χ2n) is 5.74. The molecule has 2 N–H and O–H groups in total. The van der Waals surface area contributed by atoms with Gasteiger partial charge in [-0.25, -0.2) is 4.98 Å². The predicted octanol–water partition coefficient (Wildman–Crippen LogP) is 0.806.